The van der Waals surface area contributed by atoms with E-state index in [0.717, 1.165) is 27.0 Å². The van der Waals surface area contributed by atoms with Crippen LogP contribution in [0.4, 0.5) is 17.1 Å². The van der Waals surface area contributed by atoms with E-state index in [2.05, 4.69) is 62.2 Å². The topological polar surface area (TPSA) is 28.6 Å². The molecule has 1 aliphatic rings. The van der Waals surface area contributed by atoms with Crippen molar-refractivity contribution >= 4 is 38.5 Å². The molecule has 190 valence electrons. The van der Waals surface area contributed by atoms with Gasteiger partial charge in [0.05, 0.1) is 0 Å². The fourth-order valence-corrected chi connectivity index (χ4v) is 5.21. The quantitative estimate of drug-likeness (QED) is 0.178. The summed E-state index contributed by atoms with van der Waals surface area (Å²) < 4.78 is 31.1. The maximum atomic E-state index is 7.94. The van der Waals surface area contributed by atoms with E-state index in [-0.39, 0.29) is 26.5 Å². The molecule has 0 spiro atoms. The monoisotopic (exact) mass is 686 g/mol. The second kappa shape index (κ2) is 9.96. The third-order valence-electron chi connectivity index (χ3n) is 6.20. The van der Waals surface area contributed by atoms with E-state index < -0.39 is 6.98 Å². The zero-order chi connectivity index (χ0) is 27.4. The molecule has 2 aromatic heterocycles. The molecule has 0 atom stereocenters. The van der Waals surface area contributed by atoms with Gasteiger partial charge in [0, 0.05) is 54.2 Å². The van der Waals surface area contributed by atoms with Crippen LogP contribution < -0.4 is 14.5 Å². The fourth-order valence-electron chi connectivity index (χ4n) is 4.32. The Balaban J connectivity index is 0.00000323. The number of aromatic nitrogens is 1. The molecule has 0 fully saturated rings. The second-order valence-electron chi connectivity index (χ2n) is 9.72. The Morgan fingerprint density at radius 3 is 2.59 bits per heavy atom. The van der Waals surface area contributed by atoms with Gasteiger partial charge in [-0.25, -0.2) is 0 Å². The van der Waals surface area contributed by atoms with Crippen LogP contribution in [0.3, 0.4) is 0 Å². The molecular formula is C31H26N3OPtS-3. The summed E-state index contributed by atoms with van der Waals surface area (Å²) in [5, 5.41) is 1.58. The number of hydrogen-bond acceptors (Lipinski definition) is 5. The summed E-state index contributed by atoms with van der Waals surface area (Å²) in [6.45, 7) is 5.87. The Morgan fingerprint density at radius 1 is 0.973 bits per heavy atom. The zero-order valence-corrected chi connectivity index (χ0v) is 23.6. The van der Waals surface area contributed by atoms with Gasteiger partial charge in [0.1, 0.15) is 5.06 Å². The molecule has 3 aromatic carbocycles. The van der Waals surface area contributed by atoms with Crippen molar-refractivity contribution in [3.63, 3.8) is 0 Å². The van der Waals surface area contributed by atoms with Crippen molar-refractivity contribution < 1.29 is 29.9 Å². The Bertz CT molecular complexity index is 1680. The van der Waals surface area contributed by atoms with Crippen LogP contribution in [0.25, 0.3) is 21.3 Å². The molecule has 5 aromatic rings. The maximum Gasteiger partial charge on any atom is 0.107 e. The molecule has 0 aliphatic carbocycles. The summed E-state index contributed by atoms with van der Waals surface area (Å²) >= 11 is 1.51. The summed E-state index contributed by atoms with van der Waals surface area (Å²) in [5.41, 5.74) is 5.22. The number of para-hydroxylation sites is 2. The number of hydrogen-bond donors (Lipinski definition) is 0. The molecule has 0 saturated heterocycles. The smallest absolute Gasteiger partial charge is 0.107 e. The number of anilines is 3. The summed E-state index contributed by atoms with van der Waals surface area (Å²) in [7, 11) is 0. The van der Waals surface area contributed by atoms with E-state index in [0.29, 0.717) is 22.2 Å². The van der Waals surface area contributed by atoms with Gasteiger partial charge in [-0.05, 0) is 42.2 Å². The van der Waals surface area contributed by atoms with Crippen molar-refractivity contribution in [2.75, 3.05) is 16.8 Å². The molecule has 0 bridgehead atoms. The number of benzene rings is 3. The van der Waals surface area contributed by atoms with Crippen molar-refractivity contribution in [3.05, 3.63) is 103 Å². The van der Waals surface area contributed by atoms with Gasteiger partial charge in [-0.15, -0.1) is 47.6 Å². The predicted molar refractivity (Wildman–Crippen MR) is 149 cm³/mol. The van der Waals surface area contributed by atoms with E-state index in [1.807, 2.05) is 53.6 Å². The van der Waals surface area contributed by atoms with Crippen LogP contribution in [0, 0.1) is 18.8 Å². The van der Waals surface area contributed by atoms with Crippen molar-refractivity contribution in [2.24, 2.45) is 0 Å². The van der Waals surface area contributed by atoms with Crippen molar-refractivity contribution in [3.8, 4) is 22.1 Å². The summed E-state index contributed by atoms with van der Waals surface area (Å²) in [5.74, 6) is 0.517. The number of fused-ring (bicyclic) bond motifs is 2. The van der Waals surface area contributed by atoms with Crippen LogP contribution in [0.2, 0.25) is 0 Å². The van der Waals surface area contributed by atoms with E-state index >= 15 is 0 Å². The van der Waals surface area contributed by atoms with Gasteiger partial charge in [0.25, 0.3) is 0 Å². The van der Waals surface area contributed by atoms with E-state index in [9.17, 15) is 0 Å². The van der Waals surface area contributed by atoms with Crippen LogP contribution in [-0.4, -0.2) is 12.0 Å². The largest absolute Gasteiger partial charge is 0.504 e. The predicted octanol–water partition coefficient (Wildman–Crippen LogP) is 8.36. The molecule has 37 heavy (non-hydrogen) atoms. The minimum absolute atomic E-state index is 0. The van der Waals surface area contributed by atoms with Crippen LogP contribution in [-0.2, 0) is 26.5 Å². The number of nitrogens with zero attached hydrogens (tertiary/aromatic N) is 3. The first-order valence-electron chi connectivity index (χ1n) is 13.2. The molecule has 0 saturated carbocycles. The third kappa shape index (κ3) is 4.91. The Hall–Kier alpha value is -3.14. The molecular weight excluding hydrogens is 658 g/mol. The molecule has 4 nitrogen and oxygen atoms in total. The number of pyridine rings is 1. The fraction of sp³-hybridized carbons (Fsp3) is 0.161. The number of thiophene rings is 1. The average molecular weight is 687 g/mol. The summed E-state index contributed by atoms with van der Waals surface area (Å²) in [6, 6.07) is 30.1. The van der Waals surface area contributed by atoms with Gasteiger partial charge in [0.15, 0.2) is 0 Å². The van der Waals surface area contributed by atoms with Gasteiger partial charge in [0.2, 0.25) is 0 Å². The standard InChI is InChI=1S/C31H26N3OS.Pt/c1-31(2,3)21-15-16-32-26(17-21)24-11-8-14-29-25(24)19-30(36-29)35-23-10-7-9-22(18-23)34-20-33(4)27-12-5-6-13-28(27)34;/h5-17,20H,1-4H3;/q-3;/i4D3;. The van der Waals surface area contributed by atoms with Crippen LogP contribution in [0.5, 0.6) is 10.8 Å². The number of ether oxygens (including phenoxy) is 1. The van der Waals surface area contributed by atoms with E-state index in [4.69, 9.17) is 8.85 Å². The third-order valence-corrected chi connectivity index (χ3v) is 7.14. The van der Waals surface area contributed by atoms with Gasteiger partial charge in [-0.3, -0.25) is 4.98 Å². The first-order chi connectivity index (χ1) is 18.6. The van der Waals surface area contributed by atoms with Gasteiger partial charge in [-0.2, -0.15) is 29.5 Å². The van der Waals surface area contributed by atoms with Crippen molar-refractivity contribution in [2.45, 2.75) is 26.2 Å². The molecule has 1 aliphatic heterocycles. The van der Waals surface area contributed by atoms with Crippen LogP contribution in [0.15, 0.2) is 79.0 Å². The molecule has 3 heterocycles. The average Bonchev–Trinajstić information content (AvgIpc) is 3.50. The van der Waals surface area contributed by atoms with E-state index in [1.54, 1.807) is 12.7 Å². The first kappa shape index (κ1) is 21.9. The Labute approximate surface area is 241 Å². The molecule has 6 heteroatoms. The first-order valence-corrected chi connectivity index (χ1v) is 12.5. The zero-order valence-electron chi connectivity index (χ0n) is 23.6. The SMILES string of the molecule is [2H]C([2H])([2H])N1[CH-]N(c2[c-]c(Oc3[c-]c4c(-c5cc(C(C)(C)C)ccn5)cccc4s3)ccc2)c2ccccc21.[Pt]. The van der Waals surface area contributed by atoms with Crippen LogP contribution in [0.1, 0.15) is 30.4 Å². The summed E-state index contributed by atoms with van der Waals surface area (Å²) in [6.07, 6.45) is 1.86. The Morgan fingerprint density at radius 2 is 1.78 bits per heavy atom. The minimum atomic E-state index is -2.30. The van der Waals surface area contributed by atoms with Gasteiger partial charge < -0.3 is 14.5 Å². The van der Waals surface area contributed by atoms with Crippen LogP contribution >= 0.6 is 11.3 Å². The molecule has 0 N–H and O–H groups in total. The molecule has 0 unspecified atom stereocenters. The minimum Gasteiger partial charge on any atom is -0.504 e. The second-order valence-corrected chi connectivity index (χ2v) is 10.7. The molecule has 0 amide bonds. The molecule has 6 rings (SSSR count). The maximum absolute atomic E-state index is 7.94. The van der Waals surface area contributed by atoms with Crippen molar-refractivity contribution in [1.29, 1.82) is 0 Å². The number of rotatable bonds is 4. The van der Waals surface area contributed by atoms with E-state index in [1.165, 1.54) is 21.8 Å². The van der Waals surface area contributed by atoms with Gasteiger partial charge in [-0.1, -0.05) is 43.7 Å². The summed E-state index contributed by atoms with van der Waals surface area (Å²) in [4.78, 5) is 7.76. The molecule has 0 radical (unpaired) electrons. The van der Waals surface area contributed by atoms with Crippen molar-refractivity contribution in [1.82, 2.24) is 4.98 Å². The normalized spacial score (nSPS) is 14.5. The van der Waals surface area contributed by atoms with Gasteiger partial charge >= 0.3 is 0 Å². The Kier molecular flexibility index (Phi) is 5.90.